The quantitative estimate of drug-likeness (QED) is 0.678. The number of carbonyl (C=O) groups excluding carboxylic acids is 2. The molecule has 1 aromatic carbocycles. The standard InChI is InChI=1S/C22H28ClF2N3O2/c1-3-27(4-2)19(29)14-28-13-16(20-17(23)6-5-7-18(20)28)21(30)26-12-15-8-10-22(24,25)11-9-15/h5-7,13,15H,3-4,8-12,14H2,1-2H3,(H,26,30). The molecule has 0 radical (unpaired) electrons. The van der Waals surface area contributed by atoms with Gasteiger partial charge in [0, 0.05) is 44.1 Å². The van der Waals surface area contributed by atoms with Gasteiger partial charge in [0.05, 0.1) is 16.1 Å². The van der Waals surface area contributed by atoms with Gasteiger partial charge in [0.15, 0.2) is 0 Å². The van der Waals surface area contributed by atoms with Crippen LogP contribution in [0.5, 0.6) is 0 Å². The van der Waals surface area contributed by atoms with Crippen molar-refractivity contribution in [1.29, 1.82) is 0 Å². The molecule has 2 aromatic rings. The van der Waals surface area contributed by atoms with E-state index in [4.69, 9.17) is 11.6 Å². The molecule has 0 unspecified atom stereocenters. The maximum atomic E-state index is 13.3. The van der Waals surface area contributed by atoms with Gasteiger partial charge in [0.2, 0.25) is 11.8 Å². The highest BCUT2D eigenvalue weighted by atomic mass is 35.5. The van der Waals surface area contributed by atoms with Gasteiger partial charge in [-0.15, -0.1) is 0 Å². The average Bonchev–Trinajstić information content (AvgIpc) is 3.08. The van der Waals surface area contributed by atoms with E-state index in [-0.39, 0.29) is 37.1 Å². The third-order valence-electron chi connectivity index (χ3n) is 5.91. The number of halogens is 3. The summed E-state index contributed by atoms with van der Waals surface area (Å²) in [6.45, 7) is 5.54. The summed E-state index contributed by atoms with van der Waals surface area (Å²) < 4.78 is 28.4. The molecule has 30 heavy (non-hydrogen) atoms. The maximum absolute atomic E-state index is 13.3. The van der Waals surface area contributed by atoms with E-state index in [0.717, 1.165) is 0 Å². The molecule has 1 saturated carbocycles. The first-order valence-electron chi connectivity index (χ1n) is 10.5. The number of rotatable bonds is 7. The number of alkyl halides is 2. The number of carbonyl (C=O) groups is 2. The van der Waals surface area contributed by atoms with E-state index in [0.29, 0.717) is 54.0 Å². The predicted octanol–water partition coefficient (Wildman–Crippen LogP) is 4.72. The number of benzene rings is 1. The molecule has 0 aliphatic heterocycles. The van der Waals surface area contributed by atoms with Gasteiger partial charge in [-0.05, 0) is 44.7 Å². The Bertz CT molecular complexity index is 914. The molecule has 2 amide bonds. The van der Waals surface area contributed by atoms with Gasteiger partial charge >= 0.3 is 0 Å². The van der Waals surface area contributed by atoms with E-state index in [1.54, 1.807) is 27.8 Å². The molecule has 5 nitrogen and oxygen atoms in total. The van der Waals surface area contributed by atoms with E-state index >= 15 is 0 Å². The topological polar surface area (TPSA) is 54.3 Å². The van der Waals surface area contributed by atoms with Crippen molar-refractivity contribution in [3.05, 3.63) is 35.0 Å². The van der Waals surface area contributed by atoms with Gasteiger partial charge in [-0.1, -0.05) is 17.7 Å². The highest BCUT2D eigenvalue weighted by Gasteiger charge is 2.35. The summed E-state index contributed by atoms with van der Waals surface area (Å²) in [6.07, 6.45) is 2.18. The van der Waals surface area contributed by atoms with Crippen molar-refractivity contribution in [2.24, 2.45) is 5.92 Å². The lowest BCUT2D eigenvalue weighted by Gasteiger charge is -2.28. The van der Waals surface area contributed by atoms with Crippen molar-refractivity contribution in [3.63, 3.8) is 0 Å². The zero-order valence-corrected chi connectivity index (χ0v) is 18.1. The molecule has 1 heterocycles. The van der Waals surface area contributed by atoms with Gasteiger partial charge in [-0.3, -0.25) is 9.59 Å². The molecule has 164 valence electrons. The molecule has 0 spiro atoms. The van der Waals surface area contributed by atoms with Crippen LogP contribution in [-0.2, 0) is 11.3 Å². The molecule has 1 fully saturated rings. The molecular formula is C22H28ClF2N3O2. The minimum absolute atomic E-state index is 0.0352. The fourth-order valence-electron chi connectivity index (χ4n) is 4.07. The molecule has 8 heteroatoms. The van der Waals surface area contributed by atoms with Crippen molar-refractivity contribution in [2.45, 2.75) is 52.0 Å². The lowest BCUT2D eigenvalue weighted by molar-refractivity contribution is -0.131. The van der Waals surface area contributed by atoms with Crippen LogP contribution in [-0.4, -0.2) is 46.8 Å². The van der Waals surface area contributed by atoms with Crippen molar-refractivity contribution in [1.82, 2.24) is 14.8 Å². The summed E-state index contributed by atoms with van der Waals surface area (Å²) in [6, 6.07) is 5.32. The van der Waals surface area contributed by atoms with Gasteiger partial charge in [-0.2, -0.15) is 0 Å². The first kappa shape index (κ1) is 22.5. The first-order chi connectivity index (χ1) is 14.3. The largest absolute Gasteiger partial charge is 0.352 e. The van der Waals surface area contributed by atoms with Gasteiger partial charge < -0.3 is 14.8 Å². The van der Waals surface area contributed by atoms with Crippen LogP contribution in [0.3, 0.4) is 0 Å². The molecule has 1 aliphatic carbocycles. The Kier molecular flexibility index (Phi) is 7.01. The third-order valence-corrected chi connectivity index (χ3v) is 6.22. The van der Waals surface area contributed by atoms with E-state index in [1.165, 1.54) is 0 Å². The number of aromatic nitrogens is 1. The summed E-state index contributed by atoms with van der Waals surface area (Å²) in [7, 11) is 0. The molecule has 0 saturated heterocycles. The molecule has 0 bridgehead atoms. The van der Waals surface area contributed by atoms with Crippen LogP contribution in [0.15, 0.2) is 24.4 Å². The van der Waals surface area contributed by atoms with Crippen molar-refractivity contribution in [3.8, 4) is 0 Å². The van der Waals surface area contributed by atoms with Crippen LogP contribution in [0, 0.1) is 5.92 Å². The van der Waals surface area contributed by atoms with E-state index in [2.05, 4.69) is 5.32 Å². The zero-order valence-electron chi connectivity index (χ0n) is 17.4. The van der Waals surface area contributed by atoms with Crippen LogP contribution >= 0.6 is 11.6 Å². The van der Waals surface area contributed by atoms with E-state index < -0.39 is 5.92 Å². The first-order valence-corrected chi connectivity index (χ1v) is 10.8. The minimum Gasteiger partial charge on any atom is -0.352 e. The smallest absolute Gasteiger partial charge is 0.253 e. The number of hydrogen-bond donors (Lipinski definition) is 1. The second-order valence-electron chi connectivity index (χ2n) is 7.88. The maximum Gasteiger partial charge on any atom is 0.253 e. The van der Waals surface area contributed by atoms with Gasteiger partial charge in [0.25, 0.3) is 5.91 Å². The summed E-state index contributed by atoms with van der Waals surface area (Å²) in [5.74, 6) is -2.88. The fourth-order valence-corrected chi connectivity index (χ4v) is 4.34. The molecule has 1 aliphatic rings. The number of nitrogens with one attached hydrogen (secondary N) is 1. The van der Waals surface area contributed by atoms with Crippen LogP contribution in [0.1, 0.15) is 49.9 Å². The predicted molar refractivity (Wildman–Crippen MR) is 114 cm³/mol. The Morgan fingerprint density at radius 2 is 1.90 bits per heavy atom. The van der Waals surface area contributed by atoms with Crippen LogP contribution in [0.2, 0.25) is 5.02 Å². The number of nitrogens with zero attached hydrogens (tertiary/aromatic N) is 2. The minimum atomic E-state index is -2.58. The number of likely N-dealkylation sites (N-methyl/N-ethyl adjacent to an activating group) is 1. The average molecular weight is 440 g/mol. The third kappa shape index (κ3) is 4.94. The van der Waals surface area contributed by atoms with Crippen molar-refractivity contribution < 1.29 is 18.4 Å². The highest BCUT2D eigenvalue weighted by Crippen LogP contribution is 2.36. The normalized spacial score (nSPS) is 16.6. The highest BCUT2D eigenvalue weighted by molar-refractivity contribution is 6.36. The van der Waals surface area contributed by atoms with Crippen molar-refractivity contribution >= 4 is 34.3 Å². The number of fused-ring (bicyclic) bond motifs is 1. The Morgan fingerprint density at radius 1 is 1.23 bits per heavy atom. The molecule has 3 rings (SSSR count). The van der Waals surface area contributed by atoms with Crippen LogP contribution in [0.4, 0.5) is 8.78 Å². The molecule has 1 N–H and O–H groups in total. The molecule has 1 aromatic heterocycles. The Labute approximate surface area is 180 Å². The second kappa shape index (κ2) is 9.33. The Morgan fingerprint density at radius 3 is 2.53 bits per heavy atom. The van der Waals surface area contributed by atoms with Crippen LogP contribution < -0.4 is 5.32 Å². The lowest BCUT2D eigenvalue weighted by atomic mass is 9.87. The number of hydrogen-bond acceptors (Lipinski definition) is 2. The monoisotopic (exact) mass is 439 g/mol. The number of amides is 2. The Balaban J connectivity index is 1.78. The zero-order chi connectivity index (χ0) is 21.9. The second-order valence-corrected chi connectivity index (χ2v) is 8.29. The van der Waals surface area contributed by atoms with Crippen LogP contribution in [0.25, 0.3) is 10.9 Å². The van der Waals surface area contributed by atoms with Crippen molar-refractivity contribution in [2.75, 3.05) is 19.6 Å². The summed E-state index contributed by atoms with van der Waals surface area (Å²) in [5, 5.41) is 3.91. The summed E-state index contributed by atoms with van der Waals surface area (Å²) in [4.78, 5) is 27.2. The summed E-state index contributed by atoms with van der Waals surface area (Å²) >= 11 is 6.38. The molecular weight excluding hydrogens is 412 g/mol. The lowest BCUT2D eigenvalue weighted by Crippen LogP contribution is -2.34. The molecule has 0 atom stereocenters. The fraction of sp³-hybridized carbons (Fsp3) is 0.545. The summed E-state index contributed by atoms with van der Waals surface area (Å²) in [5.41, 5.74) is 1.11. The SMILES string of the molecule is CCN(CC)C(=O)Cn1cc(C(=O)NCC2CCC(F)(F)CC2)c2c(Cl)cccc21. The van der Waals surface area contributed by atoms with Gasteiger partial charge in [-0.25, -0.2) is 8.78 Å². The van der Waals surface area contributed by atoms with E-state index in [1.807, 2.05) is 19.9 Å². The van der Waals surface area contributed by atoms with E-state index in [9.17, 15) is 18.4 Å². The Hall–Kier alpha value is -2.15. The van der Waals surface area contributed by atoms with Gasteiger partial charge in [0.1, 0.15) is 6.54 Å².